The minimum atomic E-state index is -0.656. The number of ketones is 1. The topological polar surface area (TPSA) is 110 Å². The molecular formula is C23H24O7. The number of carbonyl (C=O) groups is 3. The molecule has 2 aliphatic carbocycles. The van der Waals surface area contributed by atoms with E-state index in [1.54, 1.807) is 19.1 Å². The van der Waals surface area contributed by atoms with E-state index < -0.39 is 35.9 Å². The number of esters is 2. The van der Waals surface area contributed by atoms with Gasteiger partial charge in [-0.15, -0.1) is 0 Å². The van der Waals surface area contributed by atoms with E-state index in [0.717, 1.165) is 5.57 Å². The lowest BCUT2D eigenvalue weighted by Crippen LogP contribution is -2.38. The standard InChI is InChI=1S/C23H24O7/c1-11-7-17(29-18(27)8-13-3-5-15(25)6-4-13)20-12(2)23(28)30-22(20)21-14(10-24)9-16(26)19(11)21/h3-6,9,12,17,20-22,24-25H,7-8,10H2,1-2H3/t12-,17+,20-,21?,22+/m0/s1. The van der Waals surface area contributed by atoms with Crippen LogP contribution in [0.3, 0.4) is 0 Å². The summed E-state index contributed by atoms with van der Waals surface area (Å²) in [6.45, 7) is 3.27. The normalized spacial score (nSPS) is 30.4. The Labute approximate surface area is 174 Å². The van der Waals surface area contributed by atoms with Gasteiger partial charge in [-0.1, -0.05) is 24.6 Å². The molecule has 1 aromatic carbocycles. The van der Waals surface area contributed by atoms with Gasteiger partial charge in [0.05, 0.1) is 18.9 Å². The fourth-order valence-electron chi connectivity index (χ4n) is 4.91. The lowest BCUT2D eigenvalue weighted by atomic mass is 9.79. The molecule has 1 aliphatic heterocycles. The molecule has 2 N–H and O–H groups in total. The summed E-state index contributed by atoms with van der Waals surface area (Å²) in [6, 6.07) is 6.29. The van der Waals surface area contributed by atoms with Gasteiger partial charge < -0.3 is 19.7 Å². The number of aromatic hydroxyl groups is 1. The second-order valence-electron chi connectivity index (χ2n) is 8.26. The van der Waals surface area contributed by atoms with E-state index in [0.29, 0.717) is 23.1 Å². The van der Waals surface area contributed by atoms with E-state index in [4.69, 9.17) is 9.47 Å². The van der Waals surface area contributed by atoms with Crippen molar-refractivity contribution in [3.63, 3.8) is 0 Å². The van der Waals surface area contributed by atoms with Gasteiger partial charge in [-0.3, -0.25) is 14.4 Å². The SMILES string of the molecule is CC1=C2C(=O)C=C(CO)C2[C@@H]2OC(=O)[C@@H](C)[C@H]2[C@H](OC(=O)Cc2ccc(O)cc2)C1. The second kappa shape index (κ2) is 7.72. The number of carbonyl (C=O) groups excluding carboxylic acids is 3. The van der Waals surface area contributed by atoms with E-state index in [2.05, 4.69) is 0 Å². The number of hydrogen-bond donors (Lipinski definition) is 2. The number of phenols is 1. The van der Waals surface area contributed by atoms with Crippen molar-refractivity contribution in [2.75, 3.05) is 6.61 Å². The molecule has 158 valence electrons. The Bertz CT molecular complexity index is 956. The molecule has 4 rings (SSSR count). The first kappa shape index (κ1) is 20.3. The molecule has 1 saturated heterocycles. The molecular weight excluding hydrogens is 388 g/mol. The van der Waals surface area contributed by atoms with Crippen molar-refractivity contribution in [1.29, 1.82) is 0 Å². The van der Waals surface area contributed by atoms with Crippen molar-refractivity contribution in [1.82, 2.24) is 0 Å². The van der Waals surface area contributed by atoms with Crippen LogP contribution in [0.4, 0.5) is 0 Å². The molecule has 1 heterocycles. The van der Waals surface area contributed by atoms with Crippen LogP contribution in [0.15, 0.2) is 47.1 Å². The van der Waals surface area contributed by atoms with Crippen molar-refractivity contribution in [2.45, 2.75) is 38.9 Å². The zero-order valence-corrected chi connectivity index (χ0v) is 16.8. The third kappa shape index (κ3) is 3.43. The first-order valence-electron chi connectivity index (χ1n) is 10.0. The fraction of sp³-hybridized carbons (Fsp3) is 0.435. The van der Waals surface area contributed by atoms with Gasteiger partial charge in [0.2, 0.25) is 0 Å². The average Bonchev–Trinajstić information content (AvgIpc) is 3.15. The number of phenolic OH excluding ortho intramolecular Hbond substituents is 1. The smallest absolute Gasteiger partial charge is 0.310 e. The molecule has 1 aromatic rings. The summed E-state index contributed by atoms with van der Waals surface area (Å²) in [4.78, 5) is 37.6. The van der Waals surface area contributed by atoms with Crippen LogP contribution >= 0.6 is 0 Å². The Morgan fingerprint density at radius 3 is 2.60 bits per heavy atom. The molecule has 5 atom stereocenters. The third-order valence-electron chi connectivity index (χ3n) is 6.35. The summed E-state index contributed by atoms with van der Waals surface area (Å²) in [5.74, 6) is -2.33. The lowest BCUT2D eigenvalue weighted by molar-refractivity contribution is -0.152. The molecule has 1 unspecified atom stereocenters. The van der Waals surface area contributed by atoms with E-state index in [1.165, 1.54) is 18.2 Å². The van der Waals surface area contributed by atoms with E-state index in [1.807, 2.05) is 6.92 Å². The number of fused-ring (bicyclic) bond motifs is 3. The molecule has 0 radical (unpaired) electrons. The number of aliphatic hydroxyl groups is 1. The largest absolute Gasteiger partial charge is 0.508 e. The summed E-state index contributed by atoms with van der Waals surface area (Å²) in [5, 5.41) is 19.2. The zero-order valence-electron chi connectivity index (χ0n) is 16.8. The van der Waals surface area contributed by atoms with Crippen molar-refractivity contribution in [3.8, 4) is 5.75 Å². The number of benzene rings is 1. The van der Waals surface area contributed by atoms with Crippen LogP contribution in [-0.4, -0.2) is 46.7 Å². The van der Waals surface area contributed by atoms with Gasteiger partial charge in [-0.25, -0.2) is 0 Å². The molecule has 7 nitrogen and oxygen atoms in total. The quantitative estimate of drug-likeness (QED) is 0.727. The predicted molar refractivity (Wildman–Crippen MR) is 105 cm³/mol. The molecule has 1 fully saturated rings. The van der Waals surface area contributed by atoms with Crippen LogP contribution < -0.4 is 0 Å². The summed E-state index contributed by atoms with van der Waals surface area (Å²) < 4.78 is 11.5. The fourth-order valence-corrected chi connectivity index (χ4v) is 4.91. The molecule has 0 spiro atoms. The van der Waals surface area contributed by atoms with Crippen molar-refractivity contribution < 1.29 is 34.1 Å². The number of rotatable bonds is 4. The Hall–Kier alpha value is -2.93. The number of aliphatic hydroxyl groups excluding tert-OH is 1. The van der Waals surface area contributed by atoms with Crippen molar-refractivity contribution in [2.24, 2.45) is 17.8 Å². The maximum atomic E-state index is 12.6. The maximum absolute atomic E-state index is 12.6. The van der Waals surface area contributed by atoms with E-state index >= 15 is 0 Å². The molecule has 0 aromatic heterocycles. The highest BCUT2D eigenvalue weighted by atomic mass is 16.6. The highest BCUT2D eigenvalue weighted by molar-refractivity contribution is 6.09. The van der Waals surface area contributed by atoms with Gasteiger partial charge in [-0.2, -0.15) is 0 Å². The predicted octanol–water partition coefficient (Wildman–Crippen LogP) is 1.86. The summed E-state index contributed by atoms with van der Waals surface area (Å²) in [5.41, 5.74) is 2.54. The lowest BCUT2D eigenvalue weighted by Gasteiger charge is -2.29. The highest BCUT2D eigenvalue weighted by Gasteiger charge is 2.55. The number of hydrogen-bond acceptors (Lipinski definition) is 7. The van der Waals surface area contributed by atoms with E-state index in [9.17, 15) is 24.6 Å². The molecule has 0 saturated carbocycles. The summed E-state index contributed by atoms with van der Waals surface area (Å²) >= 11 is 0. The van der Waals surface area contributed by atoms with Gasteiger partial charge in [0.25, 0.3) is 0 Å². The van der Waals surface area contributed by atoms with Gasteiger partial charge >= 0.3 is 11.9 Å². The molecule has 3 aliphatic rings. The highest BCUT2D eigenvalue weighted by Crippen LogP contribution is 2.48. The van der Waals surface area contributed by atoms with Gasteiger partial charge in [0.15, 0.2) is 5.78 Å². The first-order chi connectivity index (χ1) is 14.3. The summed E-state index contributed by atoms with van der Waals surface area (Å²) in [6.07, 6.45) is 0.502. The van der Waals surface area contributed by atoms with Crippen LogP contribution in [0.5, 0.6) is 5.75 Å². The Kier molecular flexibility index (Phi) is 5.24. The maximum Gasteiger partial charge on any atom is 0.310 e. The van der Waals surface area contributed by atoms with Crippen LogP contribution in [0, 0.1) is 17.8 Å². The molecule has 0 bridgehead atoms. The second-order valence-corrected chi connectivity index (χ2v) is 8.26. The molecule has 0 amide bonds. The van der Waals surface area contributed by atoms with Gasteiger partial charge in [0.1, 0.15) is 18.0 Å². The number of ether oxygens (including phenoxy) is 2. The summed E-state index contributed by atoms with van der Waals surface area (Å²) in [7, 11) is 0. The van der Waals surface area contributed by atoms with Crippen LogP contribution in [-0.2, 0) is 30.3 Å². The Morgan fingerprint density at radius 1 is 1.23 bits per heavy atom. The van der Waals surface area contributed by atoms with Gasteiger partial charge in [0, 0.05) is 23.8 Å². The van der Waals surface area contributed by atoms with Crippen LogP contribution in [0.25, 0.3) is 0 Å². The molecule has 30 heavy (non-hydrogen) atoms. The van der Waals surface area contributed by atoms with Crippen LogP contribution in [0.2, 0.25) is 0 Å². The Morgan fingerprint density at radius 2 is 1.93 bits per heavy atom. The first-order valence-corrected chi connectivity index (χ1v) is 10.0. The van der Waals surface area contributed by atoms with Crippen molar-refractivity contribution in [3.05, 3.63) is 52.6 Å². The minimum Gasteiger partial charge on any atom is -0.508 e. The van der Waals surface area contributed by atoms with Crippen LogP contribution in [0.1, 0.15) is 25.8 Å². The Balaban J connectivity index is 1.62. The zero-order chi connectivity index (χ0) is 21.6. The molecule has 7 heteroatoms. The minimum absolute atomic E-state index is 0.0249. The average molecular weight is 412 g/mol. The van der Waals surface area contributed by atoms with E-state index in [-0.39, 0.29) is 30.5 Å². The monoisotopic (exact) mass is 412 g/mol. The van der Waals surface area contributed by atoms with Crippen molar-refractivity contribution >= 4 is 17.7 Å². The third-order valence-corrected chi connectivity index (χ3v) is 6.35. The van der Waals surface area contributed by atoms with Gasteiger partial charge in [-0.05, 0) is 36.3 Å². The number of allylic oxidation sites excluding steroid dienone is 1.